The largest absolute Gasteiger partial charge is 0.495 e. The van der Waals surface area contributed by atoms with Gasteiger partial charge in [0.25, 0.3) is 5.69 Å². The van der Waals surface area contributed by atoms with E-state index in [0.717, 1.165) is 28.0 Å². The number of ether oxygens (including phenoxy) is 1. The SMILES string of the molecule is COc1ccc([N+](=O)[O-])cc1N1C(=O)[C@H]2[C@@H](C1=O)[C@]1(C(=O)Nc3c(C)cc(C)cc31)N1CCC[C@@H]21. The summed E-state index contributed by atoms with van der Waals surface area (Å²) in [6.07, 6.45) is 1.50. The lowest BCUT2D eigenvalue weighted by Gasteiger charge is -2.37. The maximum Gasteiger partial charge on any atom is 0.271 e. The highest BCUT2D eigenvalue weighted by atomic mass is 16.6. The van der Waals surface area contributed by atoms with Gasteiger partial charge in [-0.15, -0.1) is 0 Å². The molecule has 0 radical (unpaired) electrons. The number of anilines is 2. The topological polar surface area (TPSA) is 122 Å². The van der Waals surface area contributed by atoms with E-state index in [2.05, 4.69) is 10.2 Å². The number of hydrogen-bond acceptors (Lipinski definition) is 7. The molecule has 4 atom stereocenters. The van der Waals surface area contributed by atoms with E-state index >= 15 is 0 Å². The Hall–Kier alpha value is -3.79. The summed E-state index contributed by atoms with van der Waals surface area (Å²) in [5.74, 6) is -2.76. The zero-order valence-corrected chi connectivity index (χ0v) is 19.5. The molecule has 10 heteroatoms. The number of nitrogens with zero attached hydrogens (tertiary/aromatic N) is 3. The van der Waals surface area contributed by atoms with Crippen LogP contribution in [0.4, 0.5) is 17.1 Å². The Labute approximate surface area is 201 Å². The lowest BCUT2D eigenvalue weighted by atomic mass is 9.75. The Kier molecular flexibility index (Phi) is 4.41. The molecular weight excluding hydrogens is 452 g/mol. The van der Waals surface area contributed by atoms with Crippen molar-refractivity contribution < 1.29 is 24.0 Å². The van der Waals surface area contributed by atoms with Crippen molar-refractivity contribution in [1.29, 1.82) is 0 Å². The van der Waals surface area contributed by atoms with Crippen molar-refractivity contribution in [1.82, 2.24) is 4.90 Å². The molecule has 4 aliphatic rings. The monoisotopic (exact) mass is 476 g/mol. The predicted molar refractivity (Wildman–Crippen MR) is 125 cm³/mol. The fraction of sp³-hybridized carbons (Fsp3) is 0.400. The normalized spacial score (nSPS) is 28.9. The number of nitro groups is 1. The minimum Gasteiger partial charge on any atom is -0.495 e. The molecule has 1 N–H and O–H groups in total. The van der Waals surface area contributed by atoms with Crippen LogP contribution in [0.3, 0.4) is 0 Å². The van der Waals surface area contributed by atoms with Crippen molar-refractivity contribution in [3.05, 3.63) is 57.1 Å². The summed E-state index contributed by atoms with van der Waals surface area (Å²) >= 11 is 0. The van der Waals surface area contributed by atoms with Crippen LogP contribution >= 0.6 is 0 Å². The number of nitro benzene ring substituents is 1. The van der Waals surface area contributed by atoms with Crippen molar-refractivity contribution in [2.45, 2.75) is 38.3 Å². The number of carbonyl (C=O) groups is 3. The first-order valence-corrected chi connectivity index (χ1v) is 11.6. The molecule has 0 bridgehead atoms. The van der Waals surface area contributed by atoms with Gasteiger partial charge in [0.2, 0.25) is 17.7 Å². The van der Waals surface area contributed by atoms with Crippen LogP contribution in [0.15, 0.2) is 30.3 Å². The number of carbonyl (C=O) groups excluding carboxylic acids is 3. The van der Waals surface area contributed by atoms with Gasteiger partial charge in [0, 0.05) is 29.4 Å². The van der Waals surface area contributed by atoms with E-state index < -0.39 is 34.1 Å². The molecule has 4 heterocycles. The Balaban J connectivity index is 1.57. The average Bonchev–Trinajstić information content (AvgIpc) is 3.52. The third-order valence-electron chi connectivity index (χ3n) is 8.06. The Morgan fingerprint density at radius 1 is 1.14 bits per heavy atom. The molecule has 0 aliphatic carbocycles. The number of nitrogens with one attached hydrogen (secondary N) is 1. The Morgan fingerprint density at radius 3 is 2.63 bits per heavy atom. The Bertz CT molecular complexity index is 1360. The standard InChI is InChI=1S/C25H24N4O6/c1-12-9-13(2)21-15(10-12)25(24(32)26-21)20-19(16-5-4-8-27(16)25)22(30)28(23(20)31)17-11-14(29(33)34)6-7-18(17)35-3/h6-7,9-11,16,19-20H,4-5,8H2,1-3H3,(H,26,32)/t16-,19+,20-,25+/m0/s1. The van der Waals surface area contributed by atoms with E-state index in [0.29, 0.717) is 18.7 Å². The van der Waals surface area contributed by atoms with Crippen LogP contribution in [0.5, 0.6) is 5.75 Å². The first kappa shape index (κ1) is 21.7. The van der Waals surface area contributed by atoms with E-state index in [1.54, 1.807) is 0 Å². The van der Waals surface area contributed by atoms with Gasteiger partial charge in [-0.1, -0.05) is 17.7 Å². The third-order valence-corrected chi connectivity index (χ3v) is 8.06. The molecule has 2 aromatic carbocycles. The molecule has 2 aromatic rings. The smallest absolute Gasteiger partial charge is 0.271 e. The highest BCUT2D eigenvalue weighted by molar-refractivity contribution is 6.26. The zero-order chi connectivity index (χ0) is 24.8. The zero-order valence-electron chi connectivity index (χ0n) is 19.5. The van der Waals surface area contributed by atoms with Crippen molar-refractivity contribution >= 4 is 34.8 Å². The van der Waals surface area contributed by atoms with Gasteiger partial charge < -0.3 is 10.1 Å². The second-order valence-corrected chi connectivity index (χ2v) is 9.76. The molecule has 180 valence electrons. The minimum atomic E-state index is -1.30. The first-order valence-electron chi connectivity index (χ1n) is 11.6. The first-order chi connectivity index (χ1) is 16.7. The van der Waals surface area contributed by atoms with Gasteiger partial charge in [-0.25, -0.2) is 4.90 Å². The summed E-state index contributed by atoms with van der Waals surface area (Å²) in [6, 6.07) is 7.47. The molecular formula is C25H24N4O6. The van der Waals surface area contributed by atoms with E-state index in [1.165, 1.54) is 25.3 Å². The van der Waals surface area contributed by atoms with Gasteiger partial charge in [-0.2, -0.15) is 0 Å². The van der Waals surface area contributed by atoms with Crippen LogP contribution in [0, 0.1) is 35.8 Å². The van der Waals surface area contributed by atoms with Crippen molar-refractivity contribution in [2.75, 3.05) is 23.9 Å². The average molecular weight is 476 g/mol. The van der Waals surface area contributed by atoms with Crippen molar-refractivity contribution in [3.63, 3.8) is 0 Å². The van der Waals surface area contributed by atoms with Gasteiger partial charge in [0.15, 0.2) is 0 Å². The highest BCUT2D eigenvalue weighted by Gasteiger charge is 2.75. The fourth-order valence-electron chi connectivity index (χ4n) is 6.86. The summed E-state index contributed by atoms with van der Waals surface area (Å²) in [5.41, 5.74) is 1.76. The minimum absolute atomic E-state index is 0.0323. The van der Waals surface area contributed by atoms with Crippen molar-refractivity contribution in [2.24, 2.45) is 11.8 Å². The molecule has 35 heavy (non-hydrogen) atoms. The summed E-state index contributed by atoms with van der Waals surface area (Å²) < 4.78 is 5.37. The van der Waals surface area contributed by atoms with E-state index in [9.17, 15) is 24.5 Å². The van der Waals surface area contributed by atoms with Gasteiger partial charge in [-0.05, 0) is 44.9 Å². The summed E-state index contributed by atoms with van der Waals surface area (Å²) in [6.45, 7) is 4.47. The number of non-ortho nitro benzene ring substituents is 1. The Morgan fingerprint density at radius 2 is 1.91 bits per heavy atom. The molecule has 3 fully saturated rings. The van der Waals surface area contributed by atoms with Crippen molar-refractivity contribution in [3.8, 4) is 5.75 Å². The fourth-order valence-corrected chi connectivity index (χ4v) is 6.86. The van der Waals surface area contributed by atoms with E-state index in [4.69, 9.17) is 4.74 Å². The lowest BCUT2D eigenvalue weighted by Crippen LogP contribution is -2.54. The van der Waals surface area contributed by atoms with Crippen LogP contribution in [0.25, 0.3) is 0 Å². The third kappa shape index (κ3) is 2.54. The molecule has 6 rings (SSSR count). The predicted octanol–water partition coefficient (Wildman–Crippen LogP) is 2.65. The molecule has 1 spiro atoms. The summed E-state index contributed by atoms with van der Waals surface area (Å²) in [5, 5.41) is 14.5. The second-order valence-electron chi connectivity index (χ2n) is 9.76. The van der Waals surface area contributed by atoms with E-state index in [1.807, 2.05) is 26.0 Å². The van der Waals surface area contributed by atoms with Crippen LogP contribution in [-0.4, -0.2) is 47.2 Å². The highest BCUT2D eigenvalue weighted by Crippen LogP contribution is 2.61. The van der Waals surface area contributed by atoms with Gasteiger partial charge in [0.05, 0.1) is 23.9 Å². The summed E-state index contributed by atoms with van der Waals surface area (Å²) in [7, 11) is 1.38. The molecule has 0 unspecified atom stereocenters. The number of fused-ring (bicyclic) bond motifs is 7. The number of hydrogen-bond donors (Lipinski definition) is 1. The van der Waals surface area contributed by atoms with Crippen LogP contribution in [-0.2, 0) is 19.9 Å². The van der Waals surface area contributed by atoms with Gasteiger partial charge >= 0.3 is 0 Å². The number of amides is 3. The van der Waals surface area contributed by atoms with E-state index in [-0.39, 0.29) is 29.1 Å². The number of aryl methyl sites for hydroxylation is 2. The lowest BCUT2D eigenvalue weighted by molar-refractivity contribution is -0.384. The second kappa shape index (κ2) is 7.11. The van der Waals surface area contributed by atoms with Crippen LogP contribution in [0.2, 0.25) is 0 Å². The molecule has 0 aromatic heterocycles. The molecule has 4 aliphatic heterocycles. The number of imide groups is 1. The number of methoxy groups -OCH3 is 1. The maximum absolute atomic E-state index is 14.1. The van der Waals surface area contributed by atoms with Crippen LogP contribution in [0.1, 0.15) is 29.5 Å². The number of benzene rings is 2. The van der Waals surface area contributed by atoms with Crippen LogP contribution < -0.4 is 15.0 Å². The quantitative estimate of drug-likeness (QED) is 0.411. The molecule has 10 nitrogen and oxygen atoms in total. The molecule has 3 saturated heterocycles. The number of rotatable bonds is 3. The molecule has 0 saturated carbocycles. The maximum atomic E-state index is 14.1. The summed E-state index contributed by atoms with van der Waals surface area (Å²) in [4.78, 5) is 55.8. The van der Waals surface area contributed by atoms with Gasteiger partial charge in [0.1, 0.15) is 17.0 Å². The van der Waals surface area contributed by atoms with Gasteiger partial charge in [-0.3, -0.25) is 29.4 Å². The molecule has 3 amide bonds.